The summed E-state index contributed by atoms with van der Waals surface area (Å²) in [7, 11) is 0. The van der Waals surface area contributed by atoms with Gasteiger partial charge in [-0.05, 0) is 12.5 Å². The molecule has 0 atom stereocenters. The van der Waals surface area contributed by atoms with Crippen LogP contribution in [0.1, 0.15) is 6.42 Å². The largest absolute Gasteiger partial charge is 0.399 e. The fraction of sp³-hybridized carbons (Fsp3) is 0.300. The lowest BCUT2D eigenvalue weighted by atomic mass is 10.2. The smallest absolute Gasteiger partial charge is 0.130 e. The number of nitrogens with zero attached hydrogens (tertiary/aromatic N) is 2. The maximum Gasteiger partial charge on any atom is 0.130 e. The fourth-order valence-corrected chi connectivity index (χ4v) is 1.76. The van der Waals surface area contributed by atoms with Crippen LogP contribution in [0.4, 0.5) is 11.5 Å². The predicted octanol–water partition coefficient (Wildman–Crippen LogP) is 2.00. The third-order valence-corrected chi connectivity index (χ3v) is 2.47. The molecule has 14 heavy (non-hydrogen) atoms. The summed E-state index contributed by atoms with van der Waals surface area (Å²) in [6, 6.07) is 3.65. The zero-order valence-electron chi connectivity index (χ0n) is 7.78. The van der Waals surface area contributed by atoms with Crippen LogP contribution in [0.25, 0.3) is 0 Å². The zero-order valence-corrected chi connectivity index (χ0v) is 8.54. The fourth-order valence-electron chi connectivity index (χ4n) is 1.51. The zero-order chi connectivity index (χ0) is 9.97. The molecule has 0 radical (unpaired) electrons. The van der Waals surface area contributed by atoms with Crippen LogP contribution in [0.2, 0.25) is 0 Å². The van der Waals surface area contributed by atoms with E-state index in [1.807, 2.05) is 12.1 Å². The lowest BCUT2D eigenvalue weighted by molar-refractivity contribution is 0.798. The minimum absolute atomic E-state index is 0.734. The second-order valence-corrected chi connectivity index (χ2v) is 3.79. The minimum atomic E-state index is 0.734. The number of rotatable bonds is 1. The number of hydrogen-bond acceptors (Lipinski definition) is 3. The van der Waals surface area contributed by atoms with Crippen LogP contribution in [0.3, 0.4) is 0 Å². The molecule has 0 fully saturated rings. The Kier molecular flexibility index (Phi) is 2.59. The Hall–Kier alpha value is -1.22. The molecule has 74 valence electrons. The van der Waals surface area contributed by atoms with Crippen molar-refractivity contribution in [3.8, 4) is 0 Å². The molecule has 0 spiro atoms. The average Bonchev–Trinajstić information content (AvgIpc) is 2.18. The molecule has 1 aliphatic rings. The molecule has 2 N–H and O–H groups in total. The molecule has 1 aromatic rings. The van der Waals surface area contributed by atoms with Crippen LogP contribution < -0.4 is 10.6 Å². The first-order valence-electron chi connectivity index (χ1n) is 4.57. The third kappa shape index (κ3) is 1.99. The maximum absolute atomic E-state index is 5.96. The molecular weight excluding hydrogens is 198 g/mol. The van der Waals surface area contributed by atoms with E-state index in [9.17, 15) is 0 Å². The van der Waals surface area contributed by atoms with Gasteiger partial charge in [0.15, 0.2) is 0 Å². The number of nitrogen functional groups attached to an aromatic ring is 1. The van der Waals surface area contributed by atoms with Crippen molar-refractivity contribution in [2.24, 2.45) is 0 Å². The van der Waals surface area contributed by atoms with Gasteiger partial charge in [-0.2, -0.15) is 0 Å². The molecule has 3 nitrogen and oxygen atoms in total. The summed E-state index contributed by atoms with van der Waals surface area (Å²) < 4.78 is 0. The Morgan fingerprint density at radius 2 is 2.36 bits per heavy atom. The molecule has 0 aromatic carbocycles. The molecule has 0 saturated heterocycles. The van der Waals surface area contributed by atoms with Gasteiger partial charge in [0.25, 0.3) is 0 Å². The molecule has 1 aliphatic heterocycles. The summed E-state index contributed by atoms with van der Waals surface area (Å²) in [5.41, 5.74) is 6.42. The standard InChI is InChI=1S/C10H12ClN3/c11-8-2-1-5-14(7-8)10-6-9(12)3-4-13-10/h2-4,6H,1,5,7H2,(H2,12,13). The van der Waals surface area contributed by atoms with Gasteiger partial charge in [-0.25, -0.2) is 4.98 Å². The van der Waals surface area contributed by atoms with Gasteiger partial charge >= 0.3 is 0 Å². The van der Waals surface area contributed by atoms with E-state index in [2.05, 4.69) is 9.88 Å². The van der Waals surface area contributed by atoms with Crippen LogP contribution in [-0.4, -0.2) is 18.1 Å². The van der Waals surface area contributed by atoms with Crippen LogP contribution >= 0.6 is 11.6 Å². The summed E-state index contributed by atoms with van der Waals surface area (Å²) in [6.07, 6.45) is 4.73. The molecule has 0 saturated carbocycles. The molecule has 2 heterocycles. The van der Waals surface area contributed by atoms with Crippen molar-refractivity contribution >= 4 is 23.1 Å². The van der Waals surface area contributed by atoms with Gasteiger partial charge in [0, 0.05) is 29.5 Å². The monoisotopic (exact) mass is 209 g/mol. The van der Waals surface area contributed by atoms with E-state index in [0.29, 0.717) is 0 Å². The van der Waals surface area contributed by atoms with Gasteiger partial charge in [-0.3, -0.25) is 0 Å². The topological polar surface area (TPSA) is 42.1 Å². The molecule has 0 aliphatic carbocycles. The molecule has 4 heteroatoms. The van der Waals surface area contributed by atoms with E-state index in [1.165, 1.54) is 0 Å². The first-order chi connectivity index (χ1) is 6.75. The highest BCUT2D eigenvalue weighted by molar-refractivity contribution is 6.30. The van der Waals surface area contributed by atoms with Crippen molar-refractivity contribution in [3.63, 3.8) is 0 Å². The number of pyridine rings is 1. The van der Waals surface area contributed by atoms with Crippen LogP contribution in [0, 0.1) is 0 Å². The first-order valence-corrected chi connectivity index (χ1v) is 4.94. The second-order valence-electron chi connectivity index (χ2n) is 3.31. The van der Waals surface area contributed by atoms with Crippen LogP contribution in [0.15, 0.2) is 29.4 Å². The third-order valence-electron chi connectivity index (χ3n) is 2.20. The summed E-state index contributed by atoms with van der Waals surface area (Å²) in [4.78, 5) is 6.38. The first kappa shape index (κ1) is 9.34. The van der Waals surface area contributed by atoms with Crippen molar-refractivity contribution in [2.45, 2.75) is 6.42 Å². The molecular formula is C10H12ClN3. The Balaban J connectivity index is 2.19. The van der Waals surface area contributed by atoms with Crippen molar-refractivity contribution < 1.29 is 0 Å². The van der Waals surface area contributed by atoms with Gasteiger partial charge in [0.2, 0.25) is 0 Å². The van der Waals surface area contributed by atoms with E-state index in [0.717, 1.165) is 36.0 Å². The molecule has 0 bridgehead atoms. The predicted molar refractivity (Wildman–Crippen MR) is 59.4 cm³/mol. The average molecular weight is 210 g/mol. The van der Waals surface area contributed by atoms with E-state index in [4.69, 9.17) is 17.3 Å². The normalized spacial score (nSPS) is 16.6. The van der Waals surface area contributed by atoms with Crippen molar-refractivity contribution in [1.82, 2.24) is 4.98 Å². The highest BCUT2D eigenvalue weighted by Crippen LogP contribution is 2.20. The Morgan fingerprint density at radius 1 is 1.50 bits per heavy atom. The Bertz CT molecular complexity index is 362. The number of halogens is 1. The highest BCUT2D eigenvalue weighted by Gasteiger charge is 2.12. The van der Waals surface area contributed by atoms with E-state index in [1.54, 1.807) is 12.3 Å². The summed E-state index contributed by atoms with van der Waals surface area (Å²) >= 11 is 5.96. The summed E-state index contributed by atoms with van der Waals surface area (Å²) in [6.45, 7) is 1.69. The van der Waals surface area contributed by atoms with Crippen LogP contribution in [-0.2, 0) is 0 Å². The summed E-state index contributed by atoms with van der Waals surface area (Å²) in [5.74, 6) is 0.899. The van der Waals surface area contributed by atoms with E-state index >= 15 is 0 Å². The van der Waals surface area contributed by atoms with Crippen molar-refractivity contribution in [3.05, 3.63) is 29.4 Å². The van der Waals surface area contributed by atoms with E-state index in [-0.39, 0.29) is 0 Å². The van der Waals surface area contributed by atoms with Gasteiger partial charge in [-0.1, -0.05) is 17.7 Å². The highest BCUT2D eigenvalue weighted by atomic mass is 35.5. The van der Waals surface area contributed by atoms with Gasteiger partial charge in [-0.15, -0.1) is 0 Å². The quantitative estimate of drug-likeness (QED) is 0.769. The molecule has 0 unspecified atom stereocenters. The Morgan fingerprint density at radius 3 is 3.07 bits per heavy atom. The lowest BCUT2D eigenvalue weighted by Gasteiger charge is -2.26. The number of aromatic nitrogens is 1. The van der Waals surface area contributed by atoms with Crippen molar-refractivity contribution in [1.29, 1.82) is 0 Å². The van der Waals surface area contributed by atoms with Gasteiger partial charge < -0.3 is 10.6 Å². The maximum atomic E-state index is 5.96. The van der Waals surface area contributed by atoms with Gasteiger partial charge in [0.1, 0.15) is 5.82 Å². The molecule has 2 rings (SSSR count). The minimum Gasteiger partial charge on any atom is -0.399 e. The summed E-state index contributed by atoms with van der Waals surface area (Å²) in [5, 5.41) is 0.875. The second kappa shape index (κ2) is 3.88. The SMILES string of the molecule is Nc1ccnc(N2CCC=C(Cl)C2)c1. The Labute approximate surface area is 88.2 Å². The van der Waals surface area contributed by atoms with E-state index < -0.39 is 0 Å². The van der Waals surface area contributed by atoms with Crippen LogP contribution in [0.5, 0.6) is 0 Å². The molecule has 1 aromatic heterocycles. The van der Waals surface area contributed by atoms with Gasteiger partial charge in [0.05, 0.1) is 6.54 Å². The number of nitrogens with two attached hydrogens (primary N) is 1. The number of anilines is 2. The van der Waals surface area contributed by atoms with Crippen molar-refractivity contribution in [2.75, 3.05) is 23.7 Å². The lowest BCUT2D eigenvalue weighted by Crippen LogP contribution is -2.29. The molecule has 0 amide bonds. The number of hydrogen-bond donors (Lipinski definition) is 1.